The average Bonchev–Trinajstić information content (AvgIpc) is 2.21. The van der Waals surface area contributed by atoms with Gasteiger partial charge in [-0.25, -0.2) is 0 Å². The zero-order chi connectivity index (χ0) is 11.4. The van der Waals surface area contributed by atoms with Crippen molar-refractivity contribution in [2.75, 3.05) is 6.54 Å². The van der Waals surface area contributed by atoms with Crippen LogP contribution in [0, 0.1) is 5.92 Å². The minimum Gasteiger partial charge on any atom is -0.310 e. The Morgan fingerprint density at radius 2 is 2.25 bits per heavy atom. The maximum absolute atomic E-state index is 3.60. The lowest BCUT2D eigenvalue weighted by Crippen LogP contribution is -2.25. The zero-order valence-corrected chi connectivity index (χ0v) is 11.5. The van der Waals surface area contributed by atoms with Gasteiger partial charge in [0.15, 0.2) is 0 Å². The summed E-state index contributed by atoms with van der Waals surface area (Å²) in [5.41, 5.74) is 1.42. The molecule has 1 unspecified atom stereocenters. The van der Waals surface area contributed by atoms with Crippen molar-refractivity contribution >= 4 is 15.9 Å². The van der Waals surface area contributed by atoms with Gasteiger partial charge in [0.2, 0.25) is 0 Å². The molecule has 1 aromatic rings. The van der Waals surface area contributed by atoms with Gasteiger partial charge in [-0.3, -0.25) is 0 Å². The van der Waals surface area contributed by atoms with Gasteiger partial charge >= 0.3 is 0 Å². The standard InChI is InChI=1S/C14H20BrN/c1-2-16-14(9-11-5-3-6-11)12-7-4-8-13(15)10-12/h4,7-8,10-11,14,16H,2-3,5-6,9H2,1H3. The minimum atomic E-state index is 0.535. The van der Waals surface area contributed by atoms with Crippen LogP contribution in [0.2, 0.25) is 0 Å². The summed E-state index contributed by atoms with van der Waals surface area (Å²) < 4.78 is 1.18. The van der Waals surface area contributed by atoms with E-state index in [9.17, 15) is 0 Å². The molecular weight excluding hydrogens is 262 g/mol. The van der Waals surface area contributed by atoms with E-state index in [1.54, 1.807) is 0 Å². The second-order valence-corrected chi connectivity index (χ2v) is 5.61. The van der Waals surface area contributed by atoms with Crippen LogP contribution in [0.15, 0.2) is 28.7 Å². The van der Waals surface area contributed by atoms with Crippen LogP contribution < -0.4 is 5.32 Å². The Kier molecular flexibility index (Phi) is 4.42. The molecule has 0 saturated heterocycles. The molecule has 1 aromatic carbocycles. The highest BCUT2D eigenvalue weighted by Gasteiger charge is 2.22. The SMILES string of the molecule is CCNC(CC1CCC1)c1cccc(Br)c1. The molecule has 1 aliphatic carbocycles. The fourth-order valence-corrected chi connectivity index (χ4v) is 2.79. The van der Waals surface area contributed by atoms with Crippen LogP contribution in [0.4, 0.5) is 0 Å². The Morgan fingerprint density at radius 1 is 1.44 bits per heavy atom. The number of hydrogen-bond donors (Lipinski definition) is 1. The molecule has 1 N–H and O–H groups in total. The lowest BCUT2D eigenvalue weighted by Gasteiger charge is -2.30. The van der Waals surface area contributed by atoms with E-state index >= 15 is 0 Å². The van der Waals surface area contributed by atoms with Crippen molar-refractivity contribution in [2.45, 2.75) is 38.6 Å². The van der Waals surface area contributed by atoms with Gasteiger partial charge in [-0.05, 0) is 36.6 Å². The molecule has 1 saturated carbocycles. The van der Waals surface area contributed by atoms with Crippen molar-refractivity contribution < 1.29 is 0 Å². The fraction of sp³-hybridized carbons (Fsp3) is 0.571. The lowest BCUT2D eigenvalue weighted by atomic mass is 9.79. The van der Waals surface area contributed by atoms with Crippen LogP contribution in [0.3, 0.4) is 0 Å². The monoisotopic (exact) mass is 281 g/mol. The summed E-state index contributed by atoms with van der Waals surface area (Å²) in [6, 6.07) is 9.23. The third-order valence-corrected chi connectivity index (χ3v) is 3.99. The van der Waals surface area contributed by atoms with Crippen LogP contribution in [-0.4, -0.2) is 6.54 Å². The molecule has 1 nitrogen and oxygen atoms in total. The van der Waals surface area contributed by atoms with E-state index in [-0.39, 0.29) is 0 Å². The molecule has 0 heterocycles. The molecule has 0 amide bonds. The van der Waals surface area contributed by atoms with Gasteiger partial charge in [-0.2, -0.15) is 0 Å². The molecule has 2 rings (SSSR count). The second-order valence-electron chi connectivity index (χ2n) is 4.70. The van der Waals surface area contributed by atoms with E-state index in [2.05, 4.69) is 52.4 Å². The molecule has 16 heavy (non-hydrogen) atoms. The molecule has 0 spiro atoms. The van der Waals surface area contributed by atoms with E-state index in [4.69, 9.17) is 0 Å². The maximum Gasteiger partial charge on any atom is 0.0323 e. The summed E-state index contributed by atoms with van der Waals surface area (Å²) >= 11 is 3.55. The fourth-order valence-electron chi connectivity index (χ4n) is 2.37. The Morgan fingerprint density at radius 3 is 2.81 bits per heavy atom. The van der Waals surface area contributed by atoms with Gasteiger partial charge in [-0.15, -0.1) is 0 Å². The summed E-state index contributed by atoms with van der Waals surface area (Å²) in [6.07, 6.45) is 5.58. The largest absolute Gasteiger partial charge is 0.310 e. The van der Waals surface area contributed by atoms with Gasteiger partial charge in [0.1, 0.15) is 0 Å². The minimum absolute atomic E-state index is 0.535. The molecule has 88 valence electrons. The first-order chi connectivity index (χ1) is 7.79. The summed E-state index contributed by atoms with van der Waals surface area (Å²) in [7, 11) is 0. The first-order valence-electron chi connectivity index (χ1n) is 6.28. The Hall–Kier alpha value is -0.340. The van der Waals surface area contributed by atoms with Crippen LogP contribution in [-0.2, 0) is 0 Å². The van der Waals surface area contributed by atoms with E-state index in [1.165, 1.54) is 35.7 Å². The van der Waals surface area contributed by atoms with Gasteiger partial charge in [0.25, 0.3) is 0 Å². The zero-order valence-electron chi connectivity index (χ0n) is 9.88. The number of rotatable bonds is 5. The normalized spacial score (nSPS) is 18.1. The van der Waals surface area contributed by atoms with Crippen LogP contribution in [0.5, 0.6) is 0 Å². The average molecular weight is 282 g/mol. The van der Waals surface area contributed by atoms with Gasteiger partial charge in [0, 0.05) is 10.5 Å². The summed E-state index contributed by atoms with van der Waals surface area (Å²) in [5, 5.41) is 3.60. The molecule has 0 bridgehead atoms. The first-order valence-corrected chi connectivity index (χ1v) is 7.07. The summed E-state index contributed by atoms with van der Waals surface area (Å²) in [4.78, 5) is 0. The predicted molar refractivity (Wildman–Crippen MR) is 72.5 cm³/mol. The van der Waals surface area contributed by atoms with Gasteiger partial charge < -0.3 is 5.32 Å². The van der Waals surface area contributed by atoms with Crippen LogP contribution in [0.1, 0.15) is 44.2 Å². The van der Waals surface area contributed by atoms with Crippen LogP contribution in [0.25, 0.3) is 0 Å². The van der Waals surface area contributed by atoms with E-state index in [0.717, 1.165) is 12.5 Å². The van der Waals surface area contributed by atoms with Gasteiger partial charge in [0.05, 0.1) is 0 Å². The Labute approximate surface area is 107 Å². The van der Waals surface area contributed by atoms with Crippen molar-refractivity contribution in [1.82, 2.24) is 5.32 Å². The topological polar surface area (TPSA) is 12.0 Å². The van der Waals surface area contributed by atoms with Crippen molar-refractivity contribution in [1.29, 1.82) is 0 Å². The molecule has 1 fully saturated rings. The Balaban J connectivity index is 2.04. The Bertz CT molecular complexity index is 333. The van der Waals surface area contributed by atoms with Gasteiger partial charge in [-0.1, -0.05) is 54.2 Å². The molecule has 1 aliphatic rings. The number of hydrogen-bond acceptors (Lipinski definition) is 1. The second kappa shape index (κ2) is 5.83. The maximum atomic E-state index is 3.60. The molecule has 0 aliphatic heterocycles. The highest BCUT2D eigenvalue weighted by Crippen LogP contribution is 2.35. The third kappa shape index (κ3) is 3.08. The number of benzene rings is 1. The molecule has 1 atom stereocenters. The van der Waals surface area contributed by atoms with E-state index < -0.39 is 0 Å². The predicted octanol–water partition coefficient (Wildman–Crippen LogP) is 4.29. The smallest absolute Gasteiger partial charge is 0.0323 e. The van der Waals surface area contributed by atoms with Crippen molar-refractivity contribution in [3.05, 3.63) is 34.3 Å². The number of nitrogens with one attached hydrogen (secondary N) is 1. The van der Waals surface area contributed by atoms with Crippen molar-refractivity contribution in [3.8, 4) is 0 Å². The molecule has 0 aromatic heterocycles. The summed E-state index contributed by atoms with van der Waals surface area (Å²) in [6.45, 7) is 3.23. The lowest BCUT2D eigenvalue weighted by molar-refractivity contribution is 0.262. The third-order valence-electron chi connectivity index (χ3n) is 3.50. The van der Waals surface area contributed by atoms with Crippen LogP contribution >= 0.6 is 15.9 Å². The highest BCUT2D eigenvalue weighted by molar-refractivity contribution is 9.10. The molecule has 2 heteroatoms. The van der Waals surface area contributed by atoms with E-state index in [0.29, 0.717) is 6.04 Å². The van der Waals surface area contributed by atoms with Crippen molar-refractivity contribution in [3.63, 3.8) is 0 Å². The van der Waals surface area contributed by atoms with Crippen molar-refractivity contribution in [2.24, 2.45) is 5.92 Å². The molecular formula is C14H20BrN. The van der Waals surface area contributed by atoms with E-state index in [1.807, 2.05) is 0 Å². The first kappa shape index (κ1) is 12.1. The summed E-state index contributed by atoms with van der Waals surface area (Å²) in [5.74, 6) is 0.947. The highest BCUT2D eigenvalue weighted by atomic mass is 79.9. The number of halogens is 1. The quantitative estimate of drug-likeness (QED) is 0.849. The molecule has 0 radical (unpaired) electrons.